The summed E-state index contributed by atoms with van der Waals surface area (Å²) >= 11 is 0. The number of nitrogens with one attached hydrogen (secondary N) is 1. The fourth-order valence-electron chi connectivity index (χ4n) is 4.02. The molecular formula is C23H29N7O2. The van der Waals surface area contributed by atoms with E-state index < -0.39 is 0 Å². The van der Waals surface area contributed by atoms with Gasteiger partial charge in [-0.2, -0.15) is 0 Å². The summed E-state index contributed by atoms with van der Waals surface area (Å²) in [7, 11) is 0. The molecule has 1 N–H and O–H groups in total. The third-order valence-corrected chi connectivity index (χ3v) is 5.74. The number of fused-ring (bicyclic) bond motifs is 1. The van der Waals surface area contributed by atoms with Gasteiger partial charge in [0.2, 0.25) is 11.9 Å². The van der Waals surface area contributed by atoms with Crippen molar-refractivity contribution in [3.8, 4) is 0 Å². The number of aromatic nitrogens is 4. The van der Waals surface area contributed by atoms with Crippen LogP contribution in [0.3, 0.4) is 0 Å². The van der Waals surface area contributed by atoms with Crippen LogP contribution in [0.25, 0.3) is 5.65 Å². The van der Waals surface area contributed by atoms with Gasteiger partial charge in [-0.1, -0.05) is 12.5 Å². The van der Waals surface area contributed by atoms with Gasteiger partial charge in [0.05, 0.1) is 5.69 Å². The van der Waals surface area contributed by atoms with Crippen molar-refractivity contribution in [2.24, 2.45) is 0 Å². The van der Waals surface area contributed by atoms with Gasteiger partial charge in [0, 0.05) is 57.7 Å². The Kier molecular flexibility index (Phi) is 6.94. The summed E-state index contributed by atoms with van der Waals surface area (Å²) in [5, 5.41) is 2.98. The average molecular weight is 436 g/mol. The average Bonchev–Trinajstić information content (AvgIpc) is 3.17. The largest absolute Gasteiger partial charge is 0.351 e. The van der Waals surface area contributed by atoms with E-state index in [1.54, 1.807) is 18.5 Å². The Labute approximate surface area is 187 Å². The first-order valence-electron chi connectivity index (χ1n) is 11.1. The van der Waals surface area contributed by atoms with Crippen LogP contribution in [0, 0.1) is 6.92 Å². The molecule has 1 fully saturated rings. The van der Waals surface area contributed by atoms with E-state index in [0.29, 0.717) is 31.7 Å². The number of carbonyl (C=O) groups excluding carboxylic acids is 2. The maximum absolute atomic E-state index is 12.6. The van der Waals surface area contributed by atoms with Gasteiger partial charge in [0.15, 0.2) is 0 Å². The number of nitrogens with zero attached hydrogens (tertiary/aromatic N) is 6. The predicted octanol–water partition coefficient (Wildman–Crippen LogP) is 2.07. The molecule has 4 rings (SSSR count). The maximum atomic E-state index is 12.6. The summed E-state index contributed by atoms with van der Waals surface area (Å²) in [5.74, 6) is 0.808. The summed E-state index contributed by atoms with van der Waals surface area (Å²) in [5.41, 5.74) is 2.07. The standard InChI is InChI=1S/C23H29N7O2/c1-18-21(30-13-6-4-8-19(30)27-18)22(32)24-10-5-2-3-9-20(31)28-14-16-29(17-15-28)23-25-11-7-12-26-23/h4,6-8,11-13H,2-3,5,9-10,14-17H2,1H3,(H,24,32). The number of rotatable bonds is 8. The van der Waals surface area contributed by atoms with Crippen LogP contribution in [-0.4, -0.2) is 68.8 Å². The highest BCUT2D eigenvalue weighted by Crippen LogP contribution is 2.13. The minimum atomic E-state index is -0.113. The predicted molar refractivity (Wildman–Crippen MR) is 122 cm³/mol. The molecule has 4 heterocycles. The molecule has 1 aliphatic rings. The second kappa shape index (κ2) is 10.2. The molecule has 1 saturated heterocycles. The number of hydrogen-bond acceptors (Lipinski definition) is 6. The minimum Gasteiger partial charge on any atom is -0.351 e. The number of unbranched alkanes of at least 4 members (excludes halogenated alkanes) is 2. The summed E-state index contributed by atoms with van der Waals surface area (Å²) in [6, 6.07) is 7.48. The van der Waals surface area contributed by atoms with Gasteiger partial charge in [-0.3, -0.25) is 14.0 Å². The van der Waals surface area contributed by atoms with Crippen LogP contribution in [0.1, 0.15) is 41.9 Å². The highest BCUT2D eigenvalue weighted by Gasteiger charge is 2.22. The third-order valence-electron chi connectivity index (χ3n) is 5.74. The van der Waals surface area contributed by atoms with E-state index in [4.69, 9.17) is 0 Å². The molecule has 32 heavy (non-hydrogen) atoms. The fraction of sp³-hybridized carbons (Fsp3) is 0.435. The Balaban J connectivity index is 1.13. The number of hydrogen-bond donors (Lipinski definition) is 1. The highest BCUT2D eigenvalue weighted by molar-refractivity contribution is 5.94. The zero-order chi connectivity index (χ0) is 22.3. The van der Waals surface area contributed by atoms with Gasteiger partial charge < -0.3 is 15.1 Å². The van der Waals surface area contributed by atoms with Gasteiger partial charge in [0.1, 0.15) is 11.3 Å². The Morgan fingerprint density at radius 3 is 2.56 bits per heavy atom. The smallest absolute Gasteiger partial charge is 0.270 e. The Bertz CT molecular complexity index is 1060. The molecule has 3 aromatic heterocycles. The van der Waals surface area contributed by atoms with Gasteiger partial charge >= 0.3 is 0 Å². The van der Waals surface area contributed by atoms with Crippen molar-refractivity contribution in [2.75, 3.05) is 37.6 Å². The second-order valence-electron chi connectivity index (χ2n) is 7.96. The molecular weight excluding hydrogens is 406 g/mol. The first-order valence-corrected chi connectivity index (χ1v) is 11.1. The van der Waals surface area contributed by atoms with Crippen molar-refractivity contribution < 1.29 is 9.59 Å². The fourth-order valence-corrected chi connectivity index (χ4v) is 4.02. The van der Waals surface area contributed by atoms with E-state index in [2.05, 4.69) is 25.2 Å². The van der Waals surface area contributed by atoms with Crippen molar-refractivity contribution in [2.45, 2.75) is 32.6 Å². The zero-order valence-corrected chi connectivity index (χ0v) is 18.4. The molecule has 0 spiro atoms. The lowest BCUT2D eigenvalue weighted by Crippen LogP contribution is -2.49. The number of imidazole rings is 1. The van der Waals surface area contributed by atoms with E-state index in [1.807, 2.05) is 40.6 Å². The van der Waals surface area contributed by atoms with E-state index in [-0.39, 0.29) is 11.8 Å². The number of aryl methyl sites for hydroxylation is 1. The lowest BCUT2D eigenvalue weighted by atomic mass is 10.1. The van der Waals surface area contributed by atoms with Gasteiger partial charge in [-0.15, -0.1) is 0 Å². The summed E-state index contributed by atoms with van der Waals surface area (Å²) in [6.45, 7) is 5.34. The van der Waals surface area contributed by atoms with E-state index >= 15 is 0 Å². The lowest BCUT2D eigenvalue weighted by molar-refractivity contribution is -0.131. The molecule has 0 atom stereocenters. The molecule has 1 aliphatic heterocycles. The minimum absolute atomic E-state index is 0.113. The van der Waals surface area contributed by atoms with Gasteiger partial charge in [0.25, 0.3) is 5.91 Å². The number of carbonyl (C=O) groups is 2. The molecule has 0 aromatic carbocycles. The molecule has 9 nitrogen and oxygen atoms in total. The van der Waals surface area contributed by atoms with Crippen LogP contribution in [0.4, 0.5) is 5.95 Å². The number of amides is 2. The van der Waals surface area contributed by atoms with Crippen LogP contribution >= 0.6 is 0 Å². The molecule has 0 radical (unpaired) electrons. The van der Waals surface area contributed by atoms with Crippen molar-refractivity contribution >= 4 is 23.4 Å². The first kappa shape index (κ1) is 21.7. The maximum Gasteiger partial charge on any atom is 0.270 e. The molecule has 0 bridgehead atoms. The van der Waals surface area contributed by atoms with Gasteiger partial charge in [-0.05, 0) is 38.0 Å². The van der Waals surface area contributed by atoms with Crippen LogP contribution in [0.15, 0.2) is 42.9 Å². The van der Waals surface area contributed by atoms with Crippen molar-refractivity contribution in [3.63, 3.8) is 0 Å². The second-order valence-corrected chi connectivity index (χ2v) is 7.96. The van der Waals surface area contributed by atoms with E-state index in [0.717, 1.165) is 49.6 Å². The molecule has 0 aliphatic carbocycles. The summed E-state index contributed by atoms with van der Waals surface area (Å²) in [4.78, 5) is 42.1. The Morgan fingerprint density at radius 2 is 1.78 bits per heavy atom. The topological polar surface area (TPSA) is 95.7 Å². The molecule has 3 aromatic rings. The van der Waals surface area contributed by atoms with Crippen LogP contribution in [0.5, 0.6) is 0 Å². The lowest BCUT2D eigenvalue weighted by Gasteiger charge is -2.34. The molecule has 9 heteroatoms. The quantitative estimate of drug-likeness (QED) is 0.544. The number of pyridine rings is 1. The van der Waals surface area contributed by atoms with Crippen molar-refractivity contribution in [3.05, 3.63) is 54.2 Å². The highest BCUT2D eigenvalue weighted by atomic mass is 16.2. The Morgan fingerprint density at radius 1 is 1.00 bits per heavy atom. The molecule has 0 unspecified atom stereocenters. The summed E-state index contributed by atoms with van der Waals surface area (Å²) in [6.07, 6.45) is 8.43. The normalized spacial score (nSPS) is 14.0. The molecule has 168 valence electrons. The zero-order valence-electron chi connectivity index (χ0n) is 18.4. The molecule has 2 amide bonds. The van der Waals surface area contributed by atoms with Crippen molar-refractivity contribution in [1.82, 2.24) is 29.6 Å². The number of anilines is 1. The molecule has 0 saturated carbocycles. The third kappa shape index (κ3) is 5.04. The van der Waals surface area contributed by atoms with Crippen molar-refractivity contribution in [1.29, 1.82) is 0 Å². The SMILES string of the molecule is Cc1nc2ccccn2c1C(=O)NCCCCCC(=O)N1CCN(c2ncccn2)CC1. The van der Waals surface area contributed by atoms with Gasteiger partial charge in [-0.25, -0.2) is 15.0 Å². The van der Waals surface area contributed by atoms with E-state index in [9.17, 15) is 9.59 Å². The van der Waals surface area contributed by atoms with Crippen LogP contribution in [0.2, 0.25) is 0 Å². The van der Waals surface area contributed by atoms with Crippen LogP contribution < -0.4 is 10.2 Å². The van der Waals surface area contributed by atoms with E-state index in [1.165, 1.54) is 0 Å². The Hall–Kier alpha value is -3.49. The first-order chi connectivity index (χ1) is 15.6. The monoisotopic (exact) mass is 435 g/mol. The number of piperazine rings is 1. The summed E-state index contributed by atoms with van der Waals surface area (Å²) < 4.78 is 1.81. The van der Waals surface area contributed by atoms with Crippen LogP contribution in [-0.2, 0) is 4.79 Å².